The fourth-order valence-electron chi connectivity index (χ4n) is 3.57. The van der Waals surface area contributed by atoms with Gasteiger partial charge in [-0.2, -0.15) is 10.2 Å². The van der Waals surface area contributed by atoms with E-state index in [1.165, 1.54) is 6.26 Å². The van der Waals surface area contributed by atoms with E-state index in [1.807, 2.05) is 24.0 Å². The number of rotatable bonds is 7. The zero-order valence-corrected chi connectivity index (χ0v) is 17.2. The maximum Gasteiger partial charge on any atom is 0.266 e. The molecule has 160 valence electrons. The number of furan rings is 1. The van der Waals surface area contributed by atoms with Crippen molar-refractivity contribution >= 4 is 11.8 Å². The van der Waals surface area contributed by atoms with Crippen molar-refractivity contribution in [2.45, 2.75) is 26.3 Å². The number of hydrogen-bond donors (Lipinski definition) is 1. The maximum atomic E-state index is 12.6. The SMILES string of the molecule is CCOc1cc(CNC(=O)C2CCN(c3oc(-c4ccco4)nc3C#N)CC2)ccn1. The van der Waals surface area contributed by atoms with Crippen molar-refractivity contribution in [2.24, 2.45) is 5.92 Å². The van der Waals surface area contributed by atoms with E-state index in [0.717, 1.165) is 5.56 Å². The summed E-state index contributed by atoms with van der Waals surface area (Å²) in [7, 11) is 0. The minimum absolute atomic E-state index is 0.0174. The number of hydrogen-bond acceptors (Lipinski definition) is 8. The van der Waals surface area contributed by atoms with E-state index in [1.54, 1.807) is 18.3 Å². The van der Waals surface area contributed by atoms with Gasteiger partial charge >= 0.3 is 0 Å². The molecule has 0 spiro atoms. The Kier molecular flexibility index (Phi) is 6.17. The first-order chi connectivity index (χ1) is 15.2. The van der Waals surface area contributed by atoms with Gasteiger partial charge in [0.15, 0.2) is 5.76 Å². The van der Waals surface area contributed by atoms with Gasteiger partial charge in [0.1, 0.15) is 6.07 Å². The third-order valence-electron chi connectivity index (χ3n) is 5.16. The predicted octanol–water partition coefficient (Wildman–Crippen LogP) is 3.13. The quantitative estimate of drug-likeness (QED) is 0.618. The van der Waals surface area contributed by atoms with Crippen molar-refractivity contribution < 1.29 is 18.4 Å². The molecule has 0 radical (unpaired) electrons. The van der Waals surface area contributed by atoms with E-state index in [0.29, 0.717) is 56.6 Å². The Bertz CT molecular complexity index is 1060. The number of pyridine rings is 1. The molecule has 0 atom stereocenters. The molecule has 3 aromatic rings. The second kappa shape index (κ2) is 9.34. The summed E-state index contributed by atoms with van der Waals surface area (Å²) in [6, 6.07) is 9.23. The minimum atomic E-state index is -0.0950. The van der Waals surface area contributed by atoms with Crippen molar-refractivity contribution in [3.63, 3.8) is 0 Å². The number of nitrogens with one attached hydrogen (secondary N) is 1. The second-order valence-corrected chi connectivity index (χ2v) is 7.18. The summed E-state index contributed by atoms with van der Waals surface area (Å²) in [4.78, 5) is 22.9. The molecule has 1 aliphatic rings. The Morgan fingerprint density at radius 3 is 2.94 bits per heavy atom. The zero-order valence-electron chi connectivity index (χ0n) is 17.2. The van der Waals surface area contributed by atoms with E-state index in [-0.39, 0.29) is 23.4 Å². The molecule has 9 heteroatoms. The van der Waals surface area contributed by atoms with Gasteiger partial charge < -0.3 is 23.8 Å². The Morgan fingerprint density at radius 2 is 2.23 bits per heavy atom. The van der Waals surface area contributed by atoms with Gasteiger partial charge in [0.25, 0.3) is 5.89 Å². The number of carbonyl (C=O) groups is 1. The van der Waals surface area contributed by atoms with Gasteiger partial charge in [-0.15, -0.1) is 0 Å². The molecule has 1 saturated heterocycles. The van der Waals surface area contributed by atoms with Crippen molar-refractivity contribution in [1.29, 1.82) is 5.26 Å². The fraction of sp³-hybridized carbons (Fsp3) is 0.364. The predicted molar refractivity (Wildman–Crippen MR) is 111 cm³/mol. The molecule has 9 nitrogen and oxygen atoms in total. The van der Waals surface area contributed by atoms with Crippen LogP contribution in [0, 0.1) is 17.2 Å². The third kappa shape index (κ3) is 4.69. The first kappa shape index (κ1) is 20.5. The lowest BCUT2D eigenvalue weighted by molar-refractivity contribution is -0.125. The summed E-state index contributed by atoms with van der Waals surface area (Å²) in [5.74, 6) is 1.65. The highest BCUT2D eigenvalue weighted by Gasteiger charge is 2.29. The standard InChI is InChI=1S/C22H23N5O4/c1-2-29-19-12-15(5-8-24-19)14-25-20(28)16-6-9-27(10-7-16)22-17(13-23)26-21(31-22)18-4-3-11-30-18/h3-5,8,11-12,16H,2,6-7,9-10,14H2,1H3,(H,25,28). The number of carbonyl (C=O) groups excluding carboxylic acids is 1. The number of oxazole rings is 1. The van der Waals surface area contributed by atoms with Crippen LogP contribution < -0.4 is 15.0 Å². The Labute approximate surface area is 179 Å². The van der Waals surface area contributed by atoms with Gasteiger partial charge in [0.05, 0.1) is 12.9 Å². The van der Waals surface area contributed by atoms with Crippen molar-refractivity contribution in [2.75, 3.05) is 24.6 Å². The third-order valence-corrected chi connectivity index (χ3v) is 5.16. The van der Waals surface area contributed by atoms with Crippen LogP contribution in [0.1, 0.15) is 31.0 Å². The number of aromatic nitrogens is 2. The van der Waals surface area contributed by atoms with Crippen LogP contribution in [-0.4, -0.2) is 35.6 Å². The number of piperidine rings is 1. The molecular weight excluding hydrogens is 398 g/mol. The number of nitrogens with zero attached hydrogens (tertiary/aromatic N) is 4. The van der Waals surface area contributed by atoms with Gasteiger partial charge in [0, 0.05) is 37.8 Å². The monoisotopic (exact) mass is 421 g/mol. The van der Waals surface area contributed by atoms with Crippen molar-refractivity contribution in [3.8, 4) is 23.6 Å². The number of ether oxygens (including phenoxy) is 1. The average Bonchev–Trinajstić information content (AvgIpc) is 3.48. The largest absolute Gasteiger partial charge is 0.478 e. The highest BCUT2D eigenvalue weighted by atomic mass is 16.5. The molecular formula is C22H23N5O4. The highest BCUT2D eigenvalue weighted by Crippen LogP contribution is 2.31. The smallest absolute Gasteiger partial charge is 0.266 e. The molecule has 1 fully saturated rings. The molecule has 1 aliphatic heterocycles. The first-order valence-electron chi connectivity index (χ1n) is 10.2. The number of nitriles is 1. The maximum absolute atomic E-state index is 12.6. The van der Waals surface area contributed by atoms with Gasteiger partial charge in [-0.1, -0.05) is 0 Å². The molecule has 3 aromatic heterocycles. The van der Waals surface area contributed by atoms with Crippen molar-refractivity contribution in [3.05, 3.63) is 48.0 Å². The Balaban J connectivity index is 1.33. The average molecular weight is 421 g/mol. The lowest BCUT2D eigenvalue weighted by Gasteiger charge is -2.31. The molecule has 0 aromatic carbocycles. The summed E-state index contributed by atoms with van der Waals surface area (Å²) in [6.07, 6.45) is 4.52. The molecule has 4 rings (SSSR count). The van der Waals surface area contributed by atoms with Crippen LogP contribution in [0.15, 0.2) is 45.6 Å². The lowest BCUT2D eigenvalue weighted by atomic mass is 9.96. The van der Waals surface area contributed by atoms with Crippen LogP contribution in [0.25, 0.3) is 11.7 Å². The topological polar surface area (TPSA) is 117 Å². The Morgan fingerprint density at radius 1 is 1.39 bits per heavy atom. The first-order valence-corrected chi connectivity index (χ1v) is 10.2. The van der Waals surface area contributed by atoms with E-state index >= 15 is 0 Å². The molecule has 0 bridgehead atoms. The van der Waals surface area contributed by atoms with Gasteiger partial charge in [-0.05, 0) is 43.5 Å². The van der Waals surface area contributed by atoms with Crippen LogP contribution in [0.2, 0.25) is 0 Å². The molecule has 4 heterocycles. The molecule has 0 unspecified atom stereocenters. The zero-order chi connectivity index (χ0) is 21.6. The minimum Gasteiger partial charge on any atom is -0.478 e. The number of amides is 1. The summed E-state index contributed by atoms with van der Waals surface area (Å²) in [5, 5.41) is 12.4. The summed E-state index contributed by atoms with van der Waals surface area (Å²) in [6.45, 7) is 4.07. The van der Waals surface area contributed by atoms with Crippen LogP contribution in [0.4, 0.5) is 5.88 Å². The number of anilines is 1. The molecule has 1 amide bonds. The van der Waals surface area contributed by atoms with E-state index < -0.39 is 0 Å². The fourth-order valence-corrected chi connectivity index (χ4v) is 3.57. The molecule has 0 saturated carbocycles. The van der Waals surface area contributed by atoms with E-state index in [2.05, 4.69) is 21.4 Å². The molecule has 31 heavy (non-hydrogen) atoms. The normalized spacial score (nSPS) is 14.3. The van der Waals surface area contributed by atoms with Crippen LogP contribution in [0.5, 0.6) is 5.88 Å². The Hall–Kier alpha value is -3.80. The molecule has 0 aliphatic carbocycles. The lowest BCUT2D eigenvalue weighted by Crippen LogP contribution is -2.40. The van der Waals surface area contributed by atoms with Crippen LogP contribution in [0.3, 0.4) is 0 Å². The van der Waals surface area contributed by atoms with E-state index in [9.17, 15) is 10.1 Å². The van der Waals surface area contributed by atoms with Gasteiger partial charge in [0.2, 0.25) is 23.4 Å². The van der Waals surface area contributed by atoms with Crippen molar-refractivity contribution in [1.82, 2.24) is 15.3 Å². The molecule has 1 N–H and O–H groups in total. The summed E-state index contributed by atoms with van der Waals surface area (Å²) < 4.78 is 16.5. The van der Waals surface area contributed by atoms with E-state index in [4.69, 9.17) is 13.6 Å². The van der Waals surface area contributed by atoms with Gasteiger partial charge in [-0.3, -0.25) is 4.79 Å². The summed E-state index contributed by atoms with van der Waals surface area (Å²) in [5.41, 5.74) is 1.16. The highest BCUT2D eigenvalue weighted by molar-refractivity contribution is 5.79. The van der Waals surface area contributed by atoms with Crippen LogP contribution in [-0.2, 0) is 11.3 Å². The van der Waals surface area contributed by atoms with Gasteiger partial charge in [-0.25, -0.2) is 4.98 Å². The summed E-state index contributed by atoms with van der Waals surface area (Å²) >= 11 is 0. The second-order valence-electron chi connectivity index (χ2n) is 7.18. The van der Waals surface area contributed by atoms with Crippen LogP contribution >= 0.6 is 0 Å².